The van der Waals surface area contributed by atoms with Crippen molar-refractivity contribution in [3.8, 4) is 0 Å². The molecule has 106 valence electrons. The zero-order valence-electron chi connectivity index (χ0n) is 11.8. The van der Waals surface area contributed by atoms with Crippen molar-refractivity contribution >= 4 is 17.0 Å². The Morgan fingerprint density at radius 1 is 1.19 bits per heavy atom. The Hall–Kier alpha value is -2.62. The normalized spacial score (nSPS) is 10.9. The third-order valence-corrected chi connectivity index (χ3v) is 3.75. The lowest BCUT2D eigenvalue weighted by Crippen LogP contribution is -2.05. The van der Waals surface area contributed by atoms with E-state index in [-0.39, 0.29) is 0 Å². The summed E-state index contributed by atoms with van der Waals surface area (Å²) in [5.41, 5.74) is 4.24. The van der Waals surface area contributed by atoms with E-state index in [4.69, 9.17) is 0 Å². The SMILES string of the molecule is Cc1ccccc1CCn1cnc2cccc(C(=O)O)c21. The van der Waals surface area contributed by atoms with Gasteiger partial charge >= 0.3 is 5.97 Å². The molecule has 21 heavy (non-hydrogen) atoms. The molecule has 0 aliphatic carbocycles. The van der Waals surface area contributed by atoms with Gasteiger partial charge < -0.3 is 9.67 Å². The standard InChI is InChI=1S/C17H16N2O2/c1-12-5-2-3-6-13(12)9-10-19-11-18-15-8-4-7-14(16(15)19)17(20)21/h2-8,11H,9-10H2,1H3,(H,20,21). The van der Waals surface area contributed by atoms with Crippen LogP contribution in [-0.4, -0.2) is 20.6 Å². The first kappa shape index (κ1) is 13.4. The summed E-state index contributed by atoms with van der Waals surface area (Å²) in [5.74, 6) is -0.918. The van der Waals surface area contributed by atoms with Crippen molar-refractivity contribution in [1.29, 1.82) is 0 Å². The summed E-state index contributed by atoms with van der Waals surface area (Å²) < 4.78 is 1.92. The number of carboxylic acids is 1. The van der Waals surface area contributed by atoms with Crippen LogP contribution in [0.5, 0.6) is 0 Å². The molecule has 0 aliphatic heterocycles. The number of aromatic nitrogens is 2. The van der Waals surface area contributed by atoms with Crippen LogP contribution in [-0.2, 0) is 13.0 Å². The largest absolute Gasteiger partial charge is 0.478 e. The molecular formula is C17H16N2O2. The van der Waals surface area contributed by atoms with E-state index in [1.165, 1.54) is 11.1 Å². The molecule has 4 nitrogen and oxygen atoms in total. The van der Waals surface area contributed by atoms with E-state index in [1.807, 2.05) is 22.8 Å². The topological polar surface area (TPSA) is 55.1 Å². The van der Waals surface area contributed by atoms with Crippen molar-refractivity contribution in [2.45, 2.75) is 19.9 Å². The summed E-state index contributed by atoms with van der Waals surface area (Å²) in [7, 11) is 0. The molecule has 0 unspecified atom stereocenters. The summed E-state index contributed by atoms with van der Waals surface area (Å²) in [6.07, 6.45) is 2.57. The maximum Gasteiger partial charge on any atom is 0.337 e. The minimum atomic E-state index is -0.918. The van der Waals surface area contributed by atoms with Crippen LogP contribution in [0.15, 0.2) is 48.8 Å². The zero-order chi connectivity index (χ0) is 14.8. The molecular weight excluding hydrogens is 264 g/mol. The zero-order valence-corrected chi connectivity index (χ0v) is 11.8. The van der Waals surface area contributed by atoms with Crippen LogP contribution in [0, 0.1) is 6.92 Å². The number of hydrogen-bond acceptors (Lipinski definition) is 2. The Morgan fingerprint density at radius 3 is 2.76 bits per heavy atom. The van der Waals surface area contributed by atoms with Crippen LogP contribution in [0.4, 0.5) is 0 Å². The fourth-order valence-electron chi connectivity index (χ4n) is 2.60. The van der Waals surface area contributed by atoms with E-state index in [2.05, 4.69) is 24.0 Å². The number of benzene rings is 2. The molecule has 3 aromatic rings. The maximum absolute atomic E-state index is 11.4. The third kappa shape index (κ3) is 2.52. The Balaban J connectivity index is 1.95. The van der Waals surface area contributed by atoms with E-state index >= 15 is 0 Å². The van der Waals surface area contributed by atoms with Crippen LogP contribution in [0.2, 0.25) is 0 Å². The van der Waals surface area contributed by atoms with Crippen LogP contribution in [0.1, 0.15) is 21.5 Å². The quantitative estimate of drug-likeness (QED) is 0.798. The van der Waals surface area contributed by atoms with Gasteiger partial charge in [-0.05, 0) is 36.6 Å². The van der Waals surface area contributed by atoms with E-state index in [9.17, 15) is 9.90 Å². The van der Waals surface area contributed by atoms with Gasteiger partial charge in [0.15, 0.2) is 0 Å². The number of fused-ring (bicyclic) bond motifs is 1. The third-order valence-electron chi connectivity index (χ3n) is 3.75. The van der Waals surface area contributed by atoms with Gasteiger partial charge in [-0.25, -0.2) is 9.78 Å². The number of rotatable bonds is 4. The highest BCUT2D eigenvalue weighted by Gasteiger charge is 2.13. The van der Waals surface area contributed by atoms with Crippen LogP contribution in [0.25, 0.3) is 11.0 Å². The van der Waals surface area contributed by atoms with Gasteiger partial charge in [0.25, 0.3) is 0 Å². The molecule has 0 fully saturated rings. The summed E-state index contributed by atoms with van der Waals surface area (Å²) in [5, 5.41) is 9.31. The molecule has 0 atom stereocenters. The average molecular weight is 280 g/mol. The highest BCUT2D eigenvalue weighted by atomic mass is 16.4. The van der Waals surface area contributed by atoms with E-state index in [1.54, 1.807) is 18.5 Å². The molecule has 0 bridgehead atoms. The predicted molar refractivity (Wildman–Crippen MR) is 81.6 cm³/mol. The van der Waals surface area contributed by atoms with Gasteiger partial charge in [0.1, 0.15) is 0 Å². The number of imidazole rings is 1. The number of aryl methyl sites for hydroxylation is 3. The molecule has 1 N–H and O–H groups in total. The highest BCUT2D eigenvalue weighted by Crippen LogP contribution is 2.19. The second-order valence-corrected chi connectivity index (χ2v) is 5.09. The Kier molecular flexibility index (Phi) is 3.44. The number of carbonyl (C=O) groups is 1. The molecule has 3 rings (SSSR count). The number of aromatic carboxylic acids is 1. The number of nitrogens with zero attached hydrogens (tertiary/aromatic N) is 2. The minimum Gasteiger partial charge on any atom is -0.478 e. The summed E-state index contributed by atoms with van der Waals surface area (Å²) in [6, 6.07) is 13.4. The van der Waals surface area contributed by atoms with Crippen molar-refractivity contribution in [2.75, 3.05) is 0 Å². The minimum absolute atomic E-state index is 0.301. The second-order valence-electron chi connectivity index (χ2n) is 5.09. The predicted octanol–water partition coefficient (Wildman–Crippen LogP) is 3.29. The van der Waals surface area contributed by atoms with Crippen molar-refractivity contribution < 1.29 is 9.90 Å². The molecule has 0 radical (unpaired) electrons. The first-order valence-electron chi connectivity index (χ1n) is 6.88. The first-order valence-corrected chi connectivity index (χ1v) is 6.88. The van der Waals surface area contributed by atoms with Crippen molar-refractivity contribution in [3.05, 3.63) is 65.5 Å². The number of para-hydroxylation sites is 1. The fraction of sp³-hybridized carbons (Fsp3) is 0.176. The molecule has 4 heteroatoms. The molecule has 0 spiro atoms. The van der Waals surface area contributed by atoms with Gasteiger partial charge in [-0.2, -0.15) is 0 Å². The van der Waals surface area contributed by atoms with Crippen LogP contribution >= 0.6 is 0 Å². The van der Waals surface area contributed by atoms with Crippen LogP contribution < -0.4 is 0 Å². The Bertz CT molecular complexity index is 805. The summed E-state index contributed by atoms with van der Waals surface area (Å²) in [6.45, 7) is 2.80. The van der Waals surface area contributed by atoms with Gasteiger partial charge in [0.05, 0.1) is 22.9 Å². The van der Waals surface area contributed by atoms with Crippen LogP contribution in [0.3, 0.4) is 0 Å². The highest BCUT2D eigenvalue weighted by molar-refractivity contribution is 6.01. The van der Waals surface area contributed by atoms with Gasteiger partial charge in [0, 0.05) is 6.54 Å². The molecule has 0 aliphatic rings. The molecule has 2 aromatic carbocycles. The van der Waals surface area contributed by atoms with Gasteiger partial charge in [0.2, 0.25) is 0 Å². The van der Waals surface area contributed by atoms with E-state index in [0.29, 0.717) is 17.6 Å². The average Bonchev–Trinajstić information content (AvgIpc) is 2.89. The molecule has 1 heterocycles. The van der Waals surface area contributed by atoms with E-state index < -0.39 is 5.97 Å². The molecule has 0 saturated carbocycles. The lowest BCUT2D eigenvalue weighted by Gasteiger charge is -2.08. The Labute approximate surface area is 122 Å². The maximum atomic E-state index is 11.4. The molecule has 1 aromatic heterocycles. The van der Waals surface area contributed by atoms with E-state index in [0.717, 1.165) is 11.9 Å². The number of hydrogen-bond donors (Lipinski definition) is 1. The Morgan fingerprint density at radius 2 is 2.00 bits per heavy atom. The second kappa shape index (κ2) is 5.40. The smallest absolute Gasteiger partial charge is 0.337 e. The summed E-state index contributed by atoms with van der Waals surface area (Å²) >= 11 is 0. The molecule has 0 saturated heterocycles. The van der Waals surface area contributed by atoms with Crippen molar-refractivity contribution in [3.63, 3.8) is 0 Å². The number of carboxylic acid groups (broad SMARTS) is 1. The lowest BCUT2D eigenvalue weighted by molar-refractivity contribution is 0.0698. The van der Waals surface area contributed by atoms with Gasteiger partial charge in [-0.15, -0.1) is 0 Å². The lowest BCUT2D eigenvalue weighted by atomic mass is 10.1. The van der Waals surface area contributed by atoms with Crippen molar-refractivity contribution in [1.82, 2.24) is 9.55 Å². The van der Waals surface area contributed by atoms with Gasteiger partial charge in [-0.1, -0.05) is 30.3 Å². The fourth-order valence-corrected chi connectivity index (χ4v) is 2.60. The first-order chi connectivity index (χ1) is 10.2. The van der Waals surface area contributed by atoms with Gasteiger partial charge in [-0.3, -0.25) is 0 Å². The van der Waals surface area contributed by atoms with Crippen molar-refractivity contribution in [2.24, 2.45) is 0 Å². The summed E-state index contributed by atoms with van der Waals surface area (Å²) in [4.78, 5) is 15.6. The monoisotopic (exact) mass is 280 g/mol. The molecule has 0 amide bonds.